The molecule has 0 aromatic heterocycles. The van der Waals surface area contributed by atoms with Crippen LogP contribution in [0, 0.1) is 11.8 Å². The second-order valence-corrected chi connectivity index (χ2v) is 13.9. The van der Waals surface area contributed by atoms with Gasteiger partial charge in [0.1, 0.15) is 5.60 Å². The van der Waals surface area contributed by atoms with Crippen molar-refractivity contribution >= 4 is 17.6 Å². The molecular weight excluding hydrogens is 576 g/mol. The first-order chi connectivity index (χ1) is 21.3. The number of hydrogen-bond acceptors (Lipinski definition) is 7. The number of ether oxygens (including phenoxy) is 3. The van der Waals surface area contributed by atoms with Crippen molar-refractivity contribution in [2.75, 3.05) is 46.6 Å². The zero-order valence-electron chi connectivity index (χ0n) is 26.6. The van der Waals surface area contributed by atoms with Gasteiger partial charge in [-0.1, -0.05) is 49.8 Å². The summed E-state index contributed by atoms with van der Waals surface area (Å²) in [7, 11) is 2.13. The van der Waals surface area contributed by atoms with E-state index in [0.717, 1.165) is 89.0 Å². The van der Waals surface area contributed by atoms with E-state index in [9.17, 15) is 9.90 Å². The van der Waals surface area contributed by atoms with Crippen LogP contribution < -0.4 is 9.47 Å². The fraction of sp³-hybridized carbons (Fsp3) is 0.639. The summed E-state index contributed by atoms with van der Waals surface area (Å²) in [6.07, 6.45) is 11.3. The summed E-state index contributed by atoms with van der Waals surface area (Å²) in [5.41, 5.74) is 1.01. The van der Waals surface area contributed by atoms with Crippen molar-refractivity contribution in [1.29, 1.82) is 0 Å². The first kappa shape index (κ1) is 33.1. The van der Waals surface area contributed by atoms with Crippen LogP contribution in [0.4, 0.5) is 0 Å². The summed E-state index contributed by atoms with van der Waals surface area (Å²) in [4.78, 5) is 18.5. The number of halogens is 1. The Morgan fingerprint density at radius 2 is 1.73 bits per heavy atom. The number of unbranched alkanes of at least 4 members (excludes halogenated alkanes) is 1. The minimum atomic E-state index is -0.764. The Kier molecular flexibility index (Phi) is 11.9. The highest BCUT2D eigenvalue weighted by molar-refractivity contribution is 6.30. The van der Waals surface area contributed by atoms with E-state index in [2.05, 4.69) is 35.9 Å². The van der Waals surface area contributed by atoms with Crippen LogP contribution in [0.25, 0.3) is 0 Å². The number of aliphatic hydroxyl groups is 1. The Bertz CT molecular complexity index is 1210. The van der Waals surface area contributed by atoms with Gasteiger partial charge in [-0.2, -0.15) is 0 Å². The predicted molar refractivity (Wildman–Crippen MR) is 175 cm³/mol. The van der Waals surface area contributed by atoms with Crippen molar-refractivity contribution in [3.8, 4) is 11.5 Å². The monoisotopic (exact) mass is 626 g/mol. The highest BCUT2D eigenvalue weighted by Crippen LogP contribution is 2.39. The van der Waals surface area contributed by atoms with Crippen LogP contribution in [0.1, 0.15) is 87.1 Å². The molecule has 3 aliphatic rings. The van der Waals surface area contributed by atoms with Gasteiger partial charge < -0.3 is 29.1 Å². The van der Waals surface area contributed by atoms with Crippen molar-refractivity contribution in [1.82, 2.24) is 9.80 Å². The van der Waals surface area contributed by atoms with Crippen molar-refractivity contribution in [3.63, 3.8) is 0 Å². The van der Waals surface area contributed by atoms with Crippen molar-refractivity contribution < 1.29 is 24.1 Å². The Morgan fingerprint density at radius 3 is 2.55 bits per heavy atom. The largest absolute Gasteiger partial charge is 0.454 e. The van der Waals surface area contributed by atoms with Gasteiger partial charge in [-0.25, -0.2) is 4.79 Å². The summed E-state index contributed by atoms with van der Waals surface area (Å²) in [6.45, 7) is 6.77. The third kappa shape index (κ3) is 8.90. The molecule has 1 saturated heterocycles. The van der Waals surface area contributed by atoms with E-state index < -0.39 is 11.7 Å². The molecule has 1 N–H and O–H groups in total. The zero-order valence-corrected chi connectivity index (χ0v) is 27.4. The van der Waals surface area contributed by atoms with Crippen LogP contribution in [0.2, 0.25) is 5.02 Å². The molecule has 44 heavy (non-hydrogen) atoms. The van der Waals surface area contributed by atoms with Gasteiger partial charge in [-0.15, -0.1) is 0 Å². The van der Waals surface area contributed by atoms with E-state index in [1.54, 1.807) is 24.3 Å². The minimum Gasteiger partial charge on any atom is -0.454 e. The Morgan fingerprint density at radius 1 is 0.977 bits per heavy atom. The molecule has 8 heteroatoms. The van der Waals surface area contributed by atoms with Gasteiger partial charge in [0.05, 0.1) is 11.7 Å². The first-order valence-electron chi connectivity index (χ1n) is 16.8. The normalized spacial score (nSPS) is 27.3. The molecule has 2 aliphatic heterocycles. The van der Waals surface area contributed by atoms with Crippen LogP contribution in [0.15, 0.2) is 42.5 Å². The number of carbonyl (C=O) groups excluding carboxylic acids is 1. The summed E-state index contributed by atoms with van der Waals surface area (Å²) in [6, 6.07) is 13.2. The predicted octanol–water partition coefficient (Wildman–Crippen LogP) is 6.98. The van der Waals surface area contributed by atoms with Gasteiger partial charge in [0.15, 0.2) is 11.5 Å². The lowest BCUT2D eigenvalue weighted by molar-refractivity contribution is -0.0950. The summed E-state index contributed by atoms with van der Waals surface area (Å²) in [5, 5.41) is 12.2. The maximum absolute atomic E-state index is 13.6. The summed E-state index contributed by atoms with van der Waals surface area (Å²) >= 11 is 6.12. The average molecular weight is 627 g/mol. The number of rotatable bonds is 8. The maximum Gasteiger partial charge on any atom is 0.338 e. The Labute approximate surface area is 268 Å². The van der Waals surface area contributed by atoms with Crippen molar-refractivity contribution in [2.45, 2.75) is 89.3 Å². The molecule has 2 fully saturated rings. The number of benzene rings is 2. The number of likely N-dealkylation sites (N-methyl/N-ethyl adjacent to an activating group) is 1. The molecule has 2 aromatic carbocycles. The van der Waals surface area contributed by atoms with Gasteiger partial charge in [-0.05, 0) is 120 Å². The number of aryl methyl sites for hydroxylation is 1. The number of aliphatic hydroxyl groups excluding tert-OH is 1. The molecular formula is C36H51ClN2O5. The lowest BCUT2D eigenvalue weighted by Gasteiger charge is -2.45. The zero-order chi connectivity index (χ0) is 30.9. The maximum atomic E-state index is 13.6. The van der Waals surface area contributed by atoms with Gasteiger partial charge in [0, 0.05) is 24.0 Å². The molecule has 0 spiro atoms. The van der Waals surface area contributed by atoms with Crippen LogP contribution in [-0.2, 0) is 11.2 Å². The fourth-order valence-corrected chi connectivity index (χ4v) is 7.64. The third-order valence-corrected chi connectivity index (χ3v) is 10.2. The second kappa shape index (κ2) is 15.8. The molecule has 2 heterocycles. The summed E-state index contributed by atoms with van der Waals surface area (Å²) in [5.74, 6) is 1.42. The van der Waals surface area contributed by atoms with Crippen LogP contribution in [0.3, 0.4) is 0 Å². The van der Waals surface area contributed by atoms with Crippen LogP contribution >= 0.6 is 11.6 Å². The minimum absolute atomic E-state index is 0.00117. The molecule has 1 aliphatic carbocycles. The average Bonchev–Trinajstić information content (AvgIpc) is 3.51. The molecule has 4 unspecified atom stereocenters. The molecule has 2 aromatic rings. The fourth-order valence-electron chi connectivity index (χ4n) is 7.52. The standard InChI is InChI=1S/C36H51ClN2O5/c1-36(44-35(41)28-15-17-29(37)18-16-28)25-38(2)20-10-22-39(24-31(36)30-12-6-4-3-5-7-13-32(30)40)21-9-8-11-27-14-19-33-34(23-27)43-26-42-33/h14-19,23,30-32,40H,3-13,20-22,24-26H2,1-2H3. The molecule has 1 saturated carbocycles. The van der Waals surface area contributed by atoms with Crippen molar-refractivity contribution in [2.24, 2.45) is 11.8 Å². The molecule has 4 atom stereocenters. The van der Waals surface area contributed by atoms with E-state index in [-0.39, 0.29) is 17.8 Å². The molecule has 0 bridgehead atoms. The van der Waals surface area contributed by atoms with Crippen LogP contribution in [-0.4, -0.2) is 79.1 Å². The van der Waals surface area contributed by atoms with Gasteiger partial charge >= 0.3 is 5.97 Å². The number of hydrogen-bond donors (Lipinski definition) is 1. The highest BCUT2D eigenvalue weighted by Gasteiger charge is 2.46. The number of carbonyl (C=O) groups is 1. The summed E-state index contributed by atoms with van der Waals surface area (Å²) < 4.78 is 17.6. The number of fused-ring (bicyclic) bond motifs is 1. The molecule has 5 rings (SSSR count). The van der Waals surface area contributed by atoms with E-state index in [1.807, 2.05) is 6.07 Å². The van der Waals surface area contributed by atoms with Gasteiger partial charge in [0.2, 0.25) is 6.79 Å². The van der Waals surface area contributed by atoms with E-state index in [1.165, 1.54) is 24.8 Å². The second-order valence-electron chi connectivity index (χ2n) is 13.4. The first-order valence-corrected chi connectivity index (χ1v) is 17.1. The highest BCUT2D eigenvalue weighted by atomic mass is 35.5. The molecule has 0 amide bonds. The van der Waals surface area contributed by atoms with Gasteiger partial charge in [0.25, 0.3) is 0 Å². The topological polar surface area (TPSA) is 71.5 Å². The lowest BCUT2D eigenvalue weighted by Crippen LogP contribution is -2.55. The van der Waals surface area contributed by atoms with E-state index in [0.29, 0.717) is 23.9 Å². The van der Waals surface area contributed by atoms with E-state index in [4.69, 9.17) is 25.8 Å². The lowest BCUT2D eigenvalue weighted by atomic mass is 9.72. The Hall–Kier alpha value is -2.32. The van der Waals surface area contributed by atoms with Crippen molar-refractivity contribution in [3.05, 3.63) is 58.6 Å². The molecule has 242 valence electrons. The van der Waals surface area contributed by atoms with Gasteiger partial charge in [-0.3, -0.25) is 0 Å². The van der Waals surface area contributed by atoms with E-state index >= 15 is 0 Å². The third-order valence-electron chi connectivity index (χ3n) is 9.92. The SMILES string of the molecule is CN1CCCN(CCCCc2ccc3c(c2)OCO3)CC(C2CCCCCCCC2O)C(C)(OC(=O)c2ccc(Cl)cc2)C1. The quantitative estimate of drug-likeness (QED) is 0.250. The Balaban J connectivity index is 1.34. The molecule has 7 nitrogen and oxygen atoms in total. The number of esters is 1. The van der Waals surface area contributed by atoms with Crippen LogP contribution in [0.5, 0.6) is 11.5 Å². The number of nitrogens with zero attached hydrogens (tertiary/aromatic N) is 2. The smallest absolute Gasteiger partial charge is 0.338 e. The molecule has 0 radical (unpaired) electrons.